The number of amides is 2. The number of rotatable bonds is 7. The molecule has 0 unspecified atom stereocenters. The Bertz CT molecular complexity index is 547. The van der Waals surface area contributed by atoms with Gasteiger partial charge < -0.3 is 10.6 Å². The van der Waals surface area contributed by atoms with Crippen LogP contribution in [-0.4, -0.2) is 21.8 Å². The van der Waals surface area contributed by atoms with Crippen molar-refractivity contribution in [2.75, 3.05) is 10.6 Å². The quantitative estimate of drug-likeness (QED) is 0.770. The molecular formula is C16H18N4O2. The molecule has 2 aromatic rings. The smallest absolute Gasteiger partial charge is 0.224 e. The molecule has 0 fully saturated rings. The fourth-order valence-electron chi connectivity index (χ4n) is 1.89. The lowest BCUT2D eigenvalue weighted by atomic mass is 10.1. The van der Waals surface area contributed by atoms with Crippen molar-refractivity contribution in [1.29, 1.82) is 0 Å². The lowest BCUT2D eigenvalue weighted by Gasteiger charge is -2.05. The maximum absolute atomic E-state index is 11.7. The summed E-state index contributed by atoms with van der Waals surface area (Å²) in [6, 6.07) is 7.09. The summed E-state index contributed by atoms with van der Waals surface area (Å²) < 4.78 is 0. The largest absolute Gasteiger partial charge is 0.325 e. The van der Waals surface area contributed by atoms with E-state index >= 15 is 0 Å². The van der Waals surface area contributed by atoms with Crippen LogP contribution in [0, 0.1) is 0 Å². The summed E-state index contributed by atoms with van der Waals surface area (Å²) in [5.41, 5.74) is 1.36. The fraction of sp³-hybridized carbons (Fsp3) is 0.250. The second-order valence-electron chi connectivity index (χ2n) is 4.79. The predicted octanol–water partition coefficient (Wildman–Crippen LogP) is 2.61. The van der Waals surface area contributed by atoms with Crippen LogP contribution in [0.25, 0.3) is 0 Å². The van der Waals surface area contributed by atoms with E-state index in [1.165, 1.54) is 0 Å². The van der Waals surface area contributed by atoms with Crippen molar-refractivity contribution >= 4 is 23.2 Å². The summed E-state index contributed by atoms with van der Waals surface area (Å²) >= 11 is 0. The molecule has 0 aliphatic heterocycles. The highest BCUT2D eigenvalue weighted by molar-refractivity contribution is 5.91. The van der Waals surface area contributed by atoms with Gasteiger partial charge >= 0.3 is 0 Å². The number of nitrogens with zero attached hydrogens (tertiary/aromatic N) is 2. The second kappa shape index (κ2) is 8.51. The van der Waals surface area contributed by atoms with Crippen molar-refractivity contribution in [3.8, 4) is 0 Å². The summed E-state index contributed by atoms with van der Waals surface area (Å²) in [4.78, 5) is 31.2. The topological polar surface area (TPSA) is 84.0 Å². The molecule has 0 aromatic carbocycles. The van der Waals surface area contributed by atoms with Crippen molar-refractivity contribution in [2.24, 2.45) is 0 Å². The number of aromatic nitrogens is 2. The Labute approximate surface area is 129 Å². The van der Waals surface area contributed by atoms with Crippen LogP contribution in [0.3, 0.4) is 0 Å². The molecule has 0 spiro atoms. The first-order valence-electron chi connectivity index (χ1n) is 7.14. The normalized spacial score (nSPS) is 10.0. The zero-order valence-corrected chi connectivity index (χ0v) is 12.2. The van der Waals surface area contributed by atoms with Gasteiger partial charge in [0.25, 0.3) is 0 Å². The molecule has 2 amide bonds. The fourth-order valence-corrected chi connectivity index (χ4v) is 1.89. The van der Waals surface area contributed by atoms with Gasteiger partial charge in [0, 0.05) is 25.2 Å². The van der Waals surface area contributed by atoms with Crippen molar-refractivity contribution < 1.29 is 9.59 Å². The number of carbonyl (C=O) groups excluding carboxylic acids is 2. The number of nitrogens with one attached hydrogen (secondary N) is 2. The van der Waals surface area contributed by atoms with Crippen molar-refractivity contribution in [3.63, 3.8) is 0 Å². The average Bonchev–Trinajstić information content (AvgIpc) is 2.53. The predicted molar refractivity (Wildman–Crippen MR) is 84.2 cm³/mol. The van der Waals surface area contributed by atoms with Crippen LogP contribution in [0.1, 0.15) is 25.7 Å². The Morgan fingerprint density at radius 3 is 1.64 bits per heavy atom. The summed E-state index contributed by atoms with van der Waals surface area (Å²) in [5.74, 6) is -0.138. The molecule has 0 saturated carbocycles. The van der Waals surface area contributed by atoms with Crippen LogP contribution in [0.5, 0.6) is 0 Å². The number of unbranched alkanes of at least 4 members (excludes halogenated alkanes) is 1. The van der Waals surface area contributed by atoms with Crippen molar-refractivity contribution in [1.82, 2.24) is 9.97 Å². The third-order valence-electron chi connectivity index (χ3n) is 2.95. The molecule has 0 aliphatic rings. The van der Waals surface area contributed by atoms with E-state index in [1.807, 2.05) is 0 Å². The minimum atomic E-state index is -0.0688. The van der Waals surface area contributed by atoms with Gasteiger partial charge in [-0.05, 0) is 37.1 Å². The van der Waals surface area contributed by atoms with Crippen LogP contribution < -0.4 is 10.6 Å². The van der Waals surface area contributed by atoms with Crippen LogP contribution >= 0.6 is 0 Å². The Kier molecular flexibility index (Phi) is 6.04. The van der Waals surface area contributed by atoms with Gasteiger partial charge in [0.15, 0.2) is 0 Å². The molecule has 2 heterocycles. The van der Waals surface area contributed by atoms with Gasteiger partial charge in [-0.2, -0.15) is 0 Å². The maximum Gasteiger partial charge on any atom is 0.224 e. The maximum atomic E-state index is 11.7. The van der Waals surface area contributed by atoms with Gasteiger partial charge in [0.1, 0.15) is 0 Å². The zero-order valence-electron chi connectivity index (χ0n) is 12.2. The SMILES string of the molecule is O=C(CCCCC(=O)Nc1cccnc1)Nc1cccnc1. The van der Waals surface area contributed by atoms with Crippen LogP contribution in [0.4, 0.5) is 11.4 Å². The molecule has 2 rings (SSSR count). The highest BCUT2D eigenvalue weighted by atomic mass is 16.2. The van der Waals surface area contributed by atoms with E-state index in [2.05, 4.69) is 20.6 Å². The first kappa shape index (κ1) is 15.6. The Balaban J connectivity index is 1.60. The van der Waals surface area contributed by atoms with E-state index in [0.717, 1.165) is 0 Å². The molecule has 0 bridgehead atoms. The first-order valence-corrected chi connectivity index (χ1v) is 7.14. The summed E-state index contributed by atoms with van der Waals surface area (Å²) in [7, 11) is 0. The van der Waals surface area contributed by atoms with E-state index in [9.17, 15) is 9.59 Å². The van der Waals surface area contributed by atoms with Gasteiger partial charge in [-0.15, -0.1) is 0 Å². The average molecular weight is 298 g/mol. The van der Waals surface area contributed by atoms with Gasteiger partial charge in [-0.25, -0.2) is 0 Å². The molecular weight excluding hydrogens is 280 g/mol. The van der Waals surface area contributed by atoms with Gasteiger partial charge in [-0.3, -0.25) is 19.6 Å². The Morgan fingerprint density at radius 2 is 1.27 bits per heavy atom. The summed E-state index contributed by atoms with van der Waals surface area (Å²) in [6.45, 7) is 0. The molecule has 6 nitrogen and oxygen atoms in total. The minimum absolute atomic E-state index is 0.0688. The van der Waals surface area contributed by atoms with Gasteiger partial charge in [0.05, 0.1) is 23.8 Å². The molecule has 22 heavy (non-hydrogen) atoms. The summed E-state index contributed by atoms with van der Waals surface area (Å²) in [5, 5.41) is 5.52. The molecule has 2 aromatic heterocycles. The van der Waals surface area contributed by atoms with Crippen molar-refractivity contribution in [2.45, 2.75) is 25.7 Å². The lowest BCUT2D eigenvalue weighted by molar-refractivity contribution is -0.118. The number of pyridine rings is 2. The monoisotopic (exact) mass is 298 g/mol. The number of carbonyl (C=O) groups is 2. The molecule has 0 aliphatic carbocycles. The standard InChI is InChI=1S/C16H18N4O2/c21-15(19-13-5-3-9-17-11-13)7-1-2-8-16(22)20-14-6-4-10-18-12-14/h3-6,9-12H,1-2,7-8H2,(H,19,21)(H,20,22). The number of anilines is 2. The van der Waals surface area contributed by atoms with E-state index < -0.39 is 0 Å². The molecule has 2 N–H and O–H groups in total. The molecule has 114 valence electrons. The second-order valence-corrected chi connectivity index (χ2v) is 4.79. The zero-order chi connectivity index (χ0) is 15.6. The number of hydrogen-bond donors (Lipinski definition) is 2. The van der Waals surface area contributed by atoms with E-state index in [0.29, 0.717) is 37.1 Å². The molecule has 0 saturated heterocycles. The summed E-state index contributed by atoms with van der Waals surface area (Å²) in [6.07, 6.45) is 8.58. The number of hydrogen-bond acceptors (Lipinski definition) is 4. The third-order valence-corrected chi connectivity index (χ3v) is 2.95. The highest BCUT2D eigenvalue weighted by Gasteiger charge is 2.05. The molecule has 6 heteroatoms. The van der Waals surface area contributed by atoms with Crippen LogP contribution in [0.2, 0.25) is 0 Å². The molecule has 0 radical (unpaired) electrons. The van der Waals surface area contributed by atoms with E-state index in [1.54, 1.807) is 49.1 Å². The van der Waals surface area contributed by atoms with Gasteiger partial charge in [-0.1, -0.05) is 0 Å². The molecule has 0 atom stereocenters. The van der Waals surface area contributed by atoms with Crippen LogP contribution in [-0.2, 0) is 9.59 Å². The van der Waals surface area contributed by atoms with Crippen LogP contribution in [0.15, 0.2) is 49.1 Å². The van der Waals surface area contributed by atoms with E-state index in [-0.39, 0.29) is 11.8 Å². The van der Waals surface area contributed by atoms with Crippen molar-refractivity contribution in [3.05, 3.63) is 49.1 Å². The highest BCUT2D eigenvalue weighted by Crippen LogP contribution is 2.08. The lowest BCUT2D eigenvalue weighted by Crippen LogP contribution is -2.13. The third kappa shape index (κ3) is 5.70. The first-order chi connectivity index (χ1) is 10.7. The Hall–Kier alpha value is -2.76. The Morgan fingerprint density at radius 1 is 0.818 bits per heavy atom. The van der Waals surface area contributed by atoms with Gasteiger partial charge in [0.2, 0.25) is 11.8 Å². The minimum Gasteiger partial charge on any atom is -0.325 e. The van der Waals surface area contributed by atoms with E-state index in [4.69, 9.17) is 0 Å².